The predicted octanol–water partition coefficient (Wildman–Crippen LogP) is 4.55. The van der Waals surface area contributed by atoms with Crippen molar-refractivity contribution in [2.75, 3.05) is 13.2 Å². The Hall–Kier alpha value is -2.09. The normalized spacial score (nSPS) is 13.2. The van der Waals surface area contributed by atoms with Gasteiger partial charge in [-0.15, -0.1) is 11.3 Å². The number of halogens is 1. The largest absolute Gasteiger partial charge is 0.489 e. The molecular formula is C19H17ClN2O3S2. The first-order valence-corrected chi connectivity index (χ1v) is 10.7. The van der Waals surface area contributed by atoms with Gasteiger partial charge in [-0.2, -0.15) is 11.3 Å². The van der Waals surface area contributed by atoms with Gasteiger partial charge in [0.15, 0.2) is 11.5 Å². The van der Waals surface area contributed by atoms with Crippen molar-refractivity contribution in [2.24, 2.45) is 0 Å². The molecular weight excluding hydrogens is 404 g/mol. The van der Waals surface area contributed by atoms with Gasteiger partial charge in [-0.1, -0.05) is 11.6 Å². The van der Waals surface area contributed by atoms with Gasteiger partial charge >= 0.3 is 0 Å². The molecule has 1 aliphatic rings. The van der Waals surface area contributed by atoms with E-state index in [1.54, 1.807) is 28.7 Å². The Kier molecular flexibility index (Phi) is 5.61. The van der Waals surface area contributed by atoms with E-state index in [1.807, 2.05) is 22.9 Å². The summed E-state index contributed by atoms with van der Waals surface area (Å²) in [6.45, 7) is 1.55. The molecule has 1 amide bonds. The van der Waals surface area contributed by atoms with Crippen molar-refractivity contribution in [2.45, 2.75) is 19.4 Å². The third kappa shape index (κ3) is 4.43. The highest BCUT2D eigenvalue weighted by Gasteiger charge is 2.16. The van der Waals surface area contributed by atoms with Crippen molar-refractivity contribution in [3.63, 3.8) is 0 Å². The highest BCUT2D eigenvalue weighted by molar-refractivity contribution is 7.14. The summed E-state index contributed by atoms with van der Waals surface area (Å²) in [6, 6.07) is 5.69. The van der Waals surface area contributed by atoms with E-state index in [2.05, 4.69) is 15.7 Å². The summed E-state index contributed by atoms with van der Waals surface area (Å²) < 4.78 is 11.3. The number of hydrogen-bond acceptors (Lipinski definition) is 6. The van der Waals surface area contributed by atoms with E-state index < -0.39 is 0 Å². The van der Waals surface area contributed by atoms with Crippen LogP contribution in [-0.2, 0) is 17.8 Å². The number of ether oxygens (including phenoxy) is 2. The van der Waals surface area contributed by atoms with Gasteiger partial charge in [0.2, 0.25) is 5.91 Å². The second kappa shape index (κ2) is 8.29. The summed E-state index contributed by atoms with van der Waals surface area (Å²) >= 11 is 9.47. The van der Waals surface area contributed by atoms with Crippen molar-refractivity contribution in [1.82, 2.24) is 10.3 Å². The molecule has 140 valence electrons. The highest BCUT2D eigenvalue weighted by Crippen LogP contribution is 2.38. The van der Waals surface area contributed by atoms with Crippen LogP contribution in [0.15, 0.2) is 34.3 Å². The molecule has 4 rings (SSSR count). The van der Waals surface area contributed by atoms with E-state index in [0.29, 0.717) is 36.3 Å². The van der Waals surface area contributed by atoms with Crippen LogP contribution in [0.1, 0.15) is 17.7 Å². The van der Waals surface area contributed by atoms with E-state index in [0.717, 1.165) is 28.2 Å². The van der Waals surface area contributed by atoms with E-state index in [1.165, 1.54) is 0 Å². The minimum absolute atomic E-state index is 0.0830. The molecule has 0 fully saturated rings. The first kappa shape index (κ1) is 18.3. The average molecular weight is 421 g/mol. The van der Waals surface area contributed by atoms with Crippen LogP contribution < -0.4 is 14.8 Å². The maximum Gasteiger partial charge on any atom is 0.226 e. The number of thiophene rings is 1. The molecule has 1 aromatic carbocycles. The van der Waals surface area contributed by atoms with E-state index >= 15 is 0 Å². The molecule has 0 radical (unpaired) electrons. The summed E-state index contributed by atoms with van der Waals surface area (Å²) in [7, 11) is 0. The van der Waals surface area contributed by atoms with Gasteiger partial charge in [0.05, 0.1) is 30.4 Å². The van der Waals surface area contributed by atoms with Gasteiger partial charge in [0, 0.05) is 29.3 Å². The van der Waals surface area contributed by atoms with Gasteiger partial charge in [0.1, 0.15) is 5.01 Å². The number of rotatable bonds is 5. The van der Waals surface area contributed by atoms with Crippen LogP contribution in [0.5, 0.6) is 11.5 Å². The van der Waals surface area contributed by atoms with Crippen LogP contribution in [0.2, 0.25) is 5.02 Å². The molecule has 27 heavy (non-hydrogen) atoms. The van der Waals surface area contributed by atoms with Crippen LogP contribution in [0.3, 0.4) is 0 Å². The molecule has 5 nitrogen and oxygen atoms in total. The topological polar surface area (TPSA) is 60.5 Å². The number of aromatic nitrogens is 1. The zero-order valence-electron chi connectivity index (χ0n) is 14.4. The Morgan fingerprint density at radius 1 is 1.26 bits per heavy atom. The Labute approximate surface area is 169 Å². The van der Waals surface area contributed by atoms with E-state index in [-0.39, 0.29) is 12.3 Å². The molecule has 0 aliphatic carbocycles. The summed E-state index contributed by atoms with van der Waals surface area (Å²) in [5, 5.41) is 10.3. The number of thiazole rings is 1. The fourth-order valence-corrected chi connectivity index (χ4v) is 4.54. The number of nitrogens with zero attached hydrogens (tertiary/aromatic N) is 1. The van der Waals surface area contributed by atoms with Crippen molar-refractivity contribution in [3.8, 4) is 22.1 Å². The molecule has 0 saturated heterocycles. The van der Waals surface area contributed by atoms with Gasteiger partial charge in [0.25, 0.3) is 0 Å². The Morgan fingerprint density at radius 3 is 3.00 bits per heavy atom. The number of fused-ring (bicyclic) bond motifs is 1. The van der Waals surface area contributed by atoms with Crippen LogP contribution in [0.25, 0.3) is 10.6 Å². The lowest BCUT2D eigenvalue weighted by atomic mass is 10.2. The van der Waals surface area contributed by atoms with Crippen molar-refractivity contribution in [3.05, 3.63) is 50.6 Å². The van der Waals surface area contributed by atoms with E-state index in [4.69, 9.17) is 21.1 Å². The highest BCUT2D eigenvalue weighted by atomic mass is 35.5. The molecule has 3 heterocycles. The fraction of sp³-hybridized carbons (Fsp3) is 0.263. The molecule has 0 atom stereocenters. The third-order valence-electron chi connectivity index (χ3n) is 4.01. The molecule has 0 spiro atoms. The van der Waals surface area contributed by atoms with Crippen LogP contribution in [-0.4, -0.2) is 24.1 Å². The Morgan fingerprint density at radius 2 is 2.15 bits per heavy atom. The van der Waals surface area contributed by atoms with Crippen LogP contribution in [0, 0.1) is 0 Å². The maximum absolute atomic E-state index is 12.3. The summed E-state index contributed by atoms with van der Waals surface area (Å²) in [5.41, 5.74) is 2.74. The van der Waals surface area contributed by atoms with Crippen molar-refractivity contribution < 1.29 is 14.3 Å². The second-order valence-electron chi connectivity index (χ2n) is 6.06. The lowest BCUT2D eigenvalue weighted by molar-refractivity contribution is -0.120. The summed E-state index contributed by atoms with van der Waals surface area (Å²) in [6.07, 6.45) is 1.07. The number of amides is 1. The Bertz CT molecular complexity index is 941. The number of carbonyl (C=O) groups excluding carboxylic acids is 1. The van der Waals surface area contributed by atoms with Gasteiger partial charge in [-0.25, -0.2) is 4.98 Å². The summed E-state index contributed by atoms with van der Waals surface area (Å²) in [5.74, 6) is 1.12. The number of benzene rings is 1. The molecule has 2 aromatic heterocycles. The van der Waals surface area contributed by atoms with Crippen LogP contribution in [0.4, 0.5) is 0 Å². The lowest BCUT2D eigenvalue weighted by Gasteiger charge is -2.12. The van der Waals surface area contributed by atoms with E-state index in [9.17, 15) is 4.79 Å². The molecule has 0 unspecified atom stereocenters. The first-order chi connectivity index (χ1) is 13.2. The lowest BCUT2D eigenvalue weighted by Crippen LogP contribution is -2.24. The first-order valence-electron chi connectivity index (χ1n) is 8.51. The number of hydrogen-bond donors (Lipinski definition) is 1. The van der Waals surface area contributed by atoms with Crippen molar-refractivity contribution in [1.29, 1.82) is 0 Å². The SMILES string of the molecule is O=C(Cc1csc(-c2ccsc2)n1)NCc1cc(Cl)c2c(c1)OCCCO2. The van der Waals surface area contributed by atoms with Crippen LogP contribution >= 0.6 is 34.3 Å². The molecule has 8 heteroatoms. The molecule has 3 aromatic rings. The number of nitrogens with one attached hydrogen (secondary N) is 1. The molecule has 1 aliphatic heterocycles. The molecule has 0 bridgehead atoms. The van der Waals surface area contributed by atoms with Gasteiger partial charge in [-0.05, 0) is 29.1 Å². The monoisotopic (exact) mass is 420 g/mol. The standard InChI is InChI=1S/C19H17ClN2O3S2/c20-15-6-12(7-16-18(15)25-4-1-3-24-16)9-21-17(23)8-14-11-27-19(22-14)13-2-5-26-10-13/h2,5-7,10-11H,1,3-4,8-9H2,(H,21,23). The fourth-order valence-electron chi connectivity index (χ4n) is 2.72. The smallest absolute Gasteiger partial charge is 0.226 e. The predicted molar refractivity (Wildman–Crippen MR) is 108 cm³/mol. The quantitative estimate of drug-likeness (QED) is 0.658. The van der Waals surface area contributed by atoms with Gasteiger partial charge < -0.3 is 14.8 Å². The second-order valence-corrected chi connectivity index (χ2v) is 8.11. The third-order valence-corrected chi connectivity index (χ3v) is 5.92. The number of carbonyl (C=O) groups is 1. The average Bonchev–Trinajstić information content (AvgIpc) is 3.28. The minimum Gasteiger partial charge on any atom is -0.489 e. The summed E-state index contributed by atoms with van der Waals surface area (Å²) in [4.78, 5) is 16.8. The van der Waals surface area contributed by atoms with Gasteiger partial charge in [-0.3, -0.25) is 4.79 Å². The zero-order chi connectivity index (χ0) is 18.6. The molecule has 0 saturated carbocycles. The molecule has 1 N–H and O–H groups in total. The zero-order valence-corrected chi connectivity index (χ0v) is 16.8. The minimum atomic E-state index is -0.0830. The maximum atomic E-state index is 12.3. The van der Waals surface area contributed by atoms with Crippen molar-refractivity contribution >= 4 is 40.2 Å². The Balaban J connectivity index is 1.37.